The van der Waals surface area contributed by atoms with Gasteiger partial charge in [-0.3, -0.25) is 0 Å². The number of nitrogens with zero attached hydrogens (tertiary/aromatic N) is 4. The van der Waals surface area contributed by atoms with Gasteiger partial charge in [0, 0.05) is 28.5 Å². The van der Waals surface area contributed by atoms with Crippen LogP contribution in [0.5, 0.6) is 0 Å². The summed E-state index contributed by atoms with van der Waals surface area (Å²) in [5.41, 5.74) is 3.52. The van der Waals surface area contributed by atoms with Crippen molar-refractivity contribution in [3.63, 3.8) is 0 Å². The van der Waals surface area contributed by atoms with E-state index in [1.807, 2.05) is 24.3 Å². The SMILES string of the molecule is FC(F)(F)c1ccc(Nc2nc3cccc(-c4cnc5nc[nH]c5c4)[n+]3[nH]2)cc1. The fraction of sp³-hybridized carbons (Fsp3) is 0.0526. The summed E-state index contributed by atoms with van der Waals surface area (Å²) in [6.45, 7) is 0. The highest BCUT2D eigenvalue weighted by atomic mass is 19.4. The molecule has 10 heteroatoms. The topological polar surface area (TPSA) is 86.4 Å². The van der Waals surface area contributed by atoms with E-state index in [4.69, 9.17) is 0 Å². The lowest BCUT2D eigenvalue weighted by Crippen LogP contribution is -2.26. The van der Waals surface area contributed by atoms with E-state index in [2.05, 4.69) is 30.4 Å². The third-order valence-electron chi connectivity index (χ3n) is 4.46. The van der Waals surface area contributed by atoms with Crippen molar-refractivity contribution in [3.05, 3.63) is 66.6 Å². The number of rotatable bonds is 3. The number of anilines is 2. The van der Waals surface area contributed by atoms with E-state index in [1.165, 1.54) is 12.1 Å². The molecule has 5 rings (SSSR count). The van der Waals surface area contributed by atoms with Gasteiger partial charge in [0.05, 0.1) is 17.4 Å². The van der Waals surface area contributed by atoms with Crippen LogP contribution in [0.15, 0.2) is 61.1 Å². The van der Waals surface area contributed by atoms with Crippen molar-refractivity contribution in [1.82, 2.24) is 25.0 Å². The first kappa shape index (κ1) is 17.2. The summed E-state index contributed by atoms with van der Waals surface area (Å²) in [7, 11) is 0. The third-order valence-corrected chi connectivity index (χ3v) is 4.46. The van der Waals surface area contributed by atoms with Crippen molar-refractivity contribution >= 4 is 28.4 Å². The van der Waals surface area contributed by atoms with Gasteiger partial charge in [-0.25, -0.2) is 9.97 Å². The zero-order valence-corrected chi connectivity index (χ0v) is 14.7. The van der Waals surface area contributed by atoms with E-state index < -0.39 is 11.7 Å². The monoisotopic (exact) mass is 396 g/mol. The van der Waals surface area contributed by atoms with Crippen LogP contribution in [-0.2, 0) is 6.18 Å². The molecule has 0 amide bonds. The van der Waals surface area contributed by atoms with E-state index in [1.54, 1.807) is 17.0 Å². The van der Waals surface area contributed by atoms with Crippen LogP contribution in [0.3, 0.4) is 0 Å². The lowest BCUT2D eigenvalue weighted by Gasteiger charge is -2.06. The summed E-state index contributed by atoms with van der Waals surface area (Å²) >= 11 is 0. The van der Waals surface area contributed by atoms with Crippen LogP contribution >= 0.6 is 0 Å². The number of aromatic nitrogens is 6. The molecule has 7 nitrogen and oxygen atoms in total. The molecule has 144 valence electrons. The highest BCUT2D eigenvalue weighted by molar-refractivity contribution is 5.75. The minimum Gasteiger partial charge on any atom is -0.343 e. The normalized spacial score (nSPS) is 12.0. The summed E-state index contributed by atoms with van der Waals surface area (Å²) in [4.78, 5) is 15.9. The molecule has 4 aromatic heterocycles. The maximum absolute atomic E-state index is 12.7. The first-order valence-electron chi connectivity index (χ1n) is 8.62. The third kappa shape index (κ3) is 3.14. The molecule has 0 saturated carbocycles. The zero-order valence-electron chi connectivity index (χ0n) is 14.7. The van der Waals surface area contributed by atoms with Crippen molar-refractivity contribution in [2.75, 3.05) is 5.32 Å². The van der Waals surface area contributed by atoms with Crippen LogP contribution in [-0.4, -0.2) is 25.0 Å². The second-order valence-electron chi connectivity index (χ2n) is 6.37. The number of hydrogen-bond donors (Lipinski definition) is 3. The molecule has 0 aliphatic heterocycles. The molecule has 4 heterocycles. The molecule has 0 unspecified atom stereocenters. The molecule has 0 aliphatic carbocycles. The van der Waals surface area contributed by atoms with Crippen LogP contribution in [0.1, 0.15) is 5.56 Å². The minimum absolute atomic E-state index is 0.396. The Labute approximate surface area is 161 Å². The molecule has 0 bridgehead atoms. The van der Waals surface area contributed by atoms with Gasteiger partial charge in [-0.05, 0) is 42.5 Å². The molecule has 3 N–H and O–H groups in total. The van der Waals surface area contributed by atoms with Gasteiger partial charge < -0.3 is 10.3 Å². The van der Waals surface area contributed by atoms with Gasteiger partial charge in [0.1, 0.15) is 0 Å². The Balaban J connectivity index is 1.50. The first-order chi connectivity index (χ1) is 14.0. The fourth-order valence-corrected chi connectivity index (χ4v) is 3.08. The van der Waals surface area contributed by atoms with E-state index in [0.717, 1.165) is 28.9 Å². The summed E-state index contributed by atoms with van der Waals surface area (Å²) in [5.74, 6) is 0.396. The quantitative estimate of drug-likeness (QED) is 0.405. The number of benzene rings is 1. The summed E-state index contributed by atoms with van der Waals surface area (Å²) in [6.07, 6.45) is -1.07. The molecule has 0 saturated heterocycles. The van der Waals surface area contributed by atoms with Crippen molar-refractivity contribution in [2.24, 2.45) is 0 Å². The average molecular weight is 396 g/mol. The number of imidazole rings is 1. The van der Waals surface area contributed by atoms with Crippen LogP contribution in [0.4, 0.5) is 24.8 Å². The van der Waals surface area contributed by atoms with Crippen molar-refractivity contribution in [2.45, 2.75) is 6.18 Å². The number of aromatic amines is 2. The van der Waals surface area contributed by atoms with Gasteiger partial charge in [-0.2, -0.15) is 18.3 Å². The van der Waals surface area contributed by atoms with Crippen molar-refractivity contribution in [3.8, 4) is 11.3 Å². The summed E-state index contributed by atoms with van der Waals surface area (Å²) in [6, 6.07) is 12.3. The fourth-order valence-electron chi connectivity index (χ4n) is 3.08. The molecule has 1 aromatic carbocycles. The Morgan fingerprint density at radius 1 is 1.00 bits per heavy atom. The molecule has 29 heavy (non-hydrogen) atoms. The van der Waals surface area contributed by atoms with Gasteiger partial charge in [0.25, 0.3) is 0 Å². The highest BCUT2D eigenvalue weighted by Crippen LogP contribution is 2.30. The maximum Gasteiger partial charge on any atom is 0.416 e. The number of alkyl halides is 3. The lowest BCUT2D eigenvalue weighted by atomic mass is 10.2. The Bertz CT molecular complexity index is 1320. The minimum atomic E-state index is -4.37. The summed E-state index contributed by atoms with van der Waals surface area (Å²) in [5, 5.41) is 6.11. The Morgan fingerprint density at radius 2 is 1.83 bits per heavy atom. The number of H-pyrrole nitrogens is 2. The average Bonchev–Trinajstić information content (AvgIpc) is 3.33. The number of pyridine rings is 2. The first-order valence-corrected chi connectivity index (χ1v) is 8.62. The van der Waals surface area contributed by atoms with Gasteiger partial charge in [0.15, 0.2) is 11.3 Å². The largest absolute Gasteiger partial charge is 0.416 e. The number of hydrogen-bond acceptors (Lipinski definition) is 4. The predicted octanol–water partition coefficient (Wildman–Crippen LogP) is 3.85. The highest BCUT2D eigenvalue weighted by Gasteiger charge is 2.30. The van der Waals surface area contributed by atoms with Gasteiger partial charge in [-0.1, -0.05) is 0 Å². The van der Waals surface area contributed by atoms with E-state index >= 15 is 0 Å². The van der Waals surface area contributed by atoms with Crippen molar-refractivity contribution in [1.29, 1.82) is 0 Å². The molecule has 0 aliphatic rings. The number of halogens is 3. The van der Waals surface area contributed by atoms with Crippen LogP contribution < -0.4 is 9.83 Å². The maximum atomic E-state index is 12.7. The van der Waals surface area contributed by atoms with Gasteiger partial charge in [0.2, 0.25) is 0 Å². The van der Waals surface area contributed by atoms with Crippen LogP contribution in [0.25, 0.3) is 28.1 Å². The zero-order chi connectivity index (χ0) is 20.0. The van der Waals surface area contributed by atoms with E-state index in [9.17, 15) is 13.2 Å². The molecular weight excluding hydrogens is 383 g/mol. The molecule has 5 aromatic rings. The molecule has 0 fully saturated rings. The molecule has 0 atom stereocenters. The van der Waals surface area contributed by atoms with E-state index in [-0.39, 0.29) is 0 Å². The Hall–Kier alpha value is -3.95. The van der Waals surface area contributed by atoms with Crippen LogP contribution in [0, 0.1) is 0 Å². The van der Waals surface area contributed by atoms with Crippen molar-refractivity contribution < 1.29 is 17.7 Å². The molecular formula is C19H13F3N7+. The molecule has 0 radical (unpaired) electrons. The smallest absolute Gasteiger partial charge is 0.343 e. The van der Waals surface area contributed by atoms with E-state index in [0.29, 0.717) is 22.9 Å². The van der Waals surface area contributed by atoms with Gasteiger partial charge in [-0.15, -0.1) is 4.52 Å². The Morgan fingerprint density at radius 3 is 2.62 bits per heavy atom. The number of fused-ring (bicyclic) bond motifs is 2. The van der Waals surface area contributed by atoms with Crippen LogP contribution in [0.2, 0.25) is 0 Å². The second kappa shape index (κ2) is 6.30. The van der Waals surface area contributed by atoms with Gasteiger partial charge >= 0.3 is 17.8 Å². The molecule has 0 spiro atoms. The number of nitrogens with one attached hydrogen (secondary N) is 3. The predicted molar refractivity (Wildman–Crippen MR) is 99.4 cm³/mol. The lowest BCUT2D eigenvalue weighted by molar-refractivity contribution is -0.564. The second-order valence-corrected chi connectivity index (χ2v) is 6.37. The standard InChI is InChI=1S/C19H12F3N7/c20-19(21,22)12-4-6-13(7-5-12)26-18-27-16-3-1-2-15(29(16)28-18)11-8-14-17(23-9-11)25-10-24-14/h1-10H,(H2,23,24,25,26,27,28)/p+1. The Kier molecular flexibility index (Phi) is 3.73. The summed E-state index contributed by atoms with van der Waals surface area (Å²) < 4.78 is 39.9.